The maximum atomic E-state index is 12.0. The van der Waals surface area contributed by atoms with Gasteiger partial charge in [0.2, 0.25) is 10.0 Å². The highest BCUT2D eigenvalue weighted by molar-refractivity contribution is 7.91. The van der Waals surface area contributed by atoms with E-state index in [-0.39, 0.29) is 0 Å². The fourth-order valence-electron chi connectivity index (χ4n) is 2.13. The molecule has 3 rings (SSSR count). The molecule has 0 spiro atoms. The minimum atomic E-state index is -3.39. The molecule has 7 heteroatoms. The summed E-state index contributed by atoms with van der Waals surface area (Å²) in [6.07, 6.45) is 0.576. The van der Waals surface area contributed by atoms with Crippen LogP contribution >= 0.6 is 22.7 Å². The molecule has 0 fully saturated rings. The van der Waals surface area contributed by atoms with Gasteiger partial charge in [-0.25, -0.2) is 18.1 Å². The van der Waals surface area contributed by atoms with Crippen LogP contribution in [0.3, 0.4) is 0 Å². The van der Waals surface area contributed by atoms with E-state index in [0.29, 0.717) is 17.2 Å². The first-order valence-corrected chi connectivity index (χ1v) is 10.3. The SMILES string of the molecule is Cc1cccc(-c2nc(CCNS(=O)(=O)c3cccs3)cs2)c1. The van der Waals surface area contributed by atoms with Crippen molar-refractivity contribution in [1.82, 2.24) is 9.71 Å². The monoisotopic (exact) mass is 364 g/mol. The summed E-state index contributed by atoms with van der Waals surface area (Å²) >= 11 is 2.80. The van der Waals surface area contributed by atoms with Gasteiger partial charge in [-0.1, -0.05) is 29.8 Å². The van der Waals surface area contributed by atoms with Crippen LogP contribution in [-0.2, 0) is 16.4 Å². The molecule has 3 aromatic rings. The molecule has 0 saturated heterocycles. The van der Waals surface area contributed by atoms with E-state index < -0.39 is 10.0 Å². The van der Waals surface area contributed by atoms with Crippen LogP contribution in [0.4, 0.5) is 0 Å². The van der Waals surface area contributed by atoms with Gasteiger partial charge in [0.25, 0.3) is 0 Å². The Morgan fingerprint density at radius 2 is 2.04 bits per heavy atom. The third-order valence-corrected chi connectivity index (χ3v) is 7.05. The fraction of sp³-hybridized carbons (Fsp3) is 0.188. The highest BCUT2D eigenvalue weighted by Gasteiger charge is 2.14. The number of thiazole rings is 1. The van der Waals surface area contributed by atoms with Gasteiger partial charge in [-0.3, -0.25) is 0 Å². The molecule has 0 radical (unpaired) electrons. The lowest BCUT2D eigenvalue weighted by molar-refractivity contribution is 0.583. The molecule has 0 bridgehead atoms. The number of benzene rings is 1. The smallest absolute Gasteiger partial charge is 0.241 e. The summed E-state index contributed by atoms with van der Waals surface area (Å²) in [5, 5.41) is 4.70. The molecule has 1 aromatic carbocycles. The van der Waals surface area contributed by atoms with Crippen molar-refractivity contribution in [1.29, 1.82) is 0 Å². The van der Waals surface area contributed by atoms with Crippen LogP contribution in [0, 0.1) is 6.92 Å². The predicted molar refractivity (Wildman–Crippen MR) is 95.5 cm³/mol. The maximum absolute atomic E-state index is 12.0. The van der Waals surface area contributed by atoms with E-state index in [1.54, 1.807) is 28.8 Å². The molecule has 0 aliphatic rings. The first-order valence-electron chi connectivity index (χ1n) is 7.09. The standard InChI is InChI=1S/C16H16N2O2S3/c1-12-4-2-5-13(10-12)16-18-14(11-22-16)7-8-17-23(19,20)15-6-3-9-21-15/h2-6,9-11,17H,7-8H2,1H3. The number of sulfonamides is 1. The number of nitrogens with zero attached hydrogens (tertiary/aromatic N) is 1. The van der Waals surface area contributed by atoms with Gasteiger partial charge in [0, 0.05) is 23.9 Å². The Labute approximate surface area is 143 Å². The van der Waals surface area contributed by atoms with E-state index in [0.717, 1.165) is 16.3 Å². The number of rotatable bonds is 6. The summed E-state index contributed by atoms with van der Waals surface area (Å²) in [6, 6.07) is 11.5. The van der Waals surface area contributed by atoms with Crippen LogP contribution in [0.25, 0.3) is 10.6 Å². The summed E-state index contributed by atoms with van der Waals surface area (Å²) in [5.74, 6) is 0. The molecular weight excluding hydrogens is 348 g/mol. The van der Waals surface area contributed by atoms with E-state index in [1.165, 1.54) is 16.9 Å². The van der Waals surface area contributed by atoms with E-state index in [4.69, 9.17) is 0 Å². The second-order valence-electron chi connectivity index (χ2n) is 5.09. The van der Waals surface area contributed by atoms with Crippen molar-refractivity contribution >= 4 is 32.7 Å². The van der Waals surface area contributed by atoms with Crippen LogP contribution in [0.15, 0.2) is 51.4 Å². The van der Waals surface area contributed by atoms with Gasteiger partial charge in [0.15, 0.2) is 0 Å². The van der Waals surface area contributed by atoms with Gasteiger partial charge in [-0.15, -0.1) is 22.7 Å². The first kappa shape index (κ1) is 16.3. The topological polar surface area (TPSA) is 59.1 Å². The van der Waals surface area contributed by atoms with Crippen molar-refractivity contribution in [2.24, 2.45) is 0 Å². The highest BCUT2D eigenvalue weighted by atomic mass is 32.2. The highest BCUT2D eigenvalue weighted by Crippen LogP contribution is 2.24. The number of aryl methyl sites for hydroxylation is 1. The van der Waals surface area contributed by atoms with Crippen molar-refractivity contribution in [3.63, 3.8) is 0 Å². The summed E-state index contributed by atoms with van der Waals surface area (Å²) < 4.78 is 27.0. The van der Waals surface area contributed by atoms with Gasteiger partial charge in [0.1, 0.15) is 9.22 Å². The van der Waals surface area contributed by atoms with E-state index in [1.807, 2.05) is 17.5 Å². The third kappa shape index (κ3) is 4.06. The molecular formula is C16H16N2O2S3. The molecule has 4 nitrogen and oxygen atoms in total. The van der Waals surface area contributed by atoms with E-state index in [9.17, 15) is 8.42 Å². The summed E-state index contributed by atoms with van der Waals surface area (Å²) in [6.45, 7) is 2.40. The molecule has 0 atom stereocenters. The number of aromatic nitrogens is 1. The largest absolute Gasteiger partial charge is 0.250 e. The molecule has 1 N–H and O–H groups in total. The molecule has 2 aromatic heterocycles. The summed E-state index contributed by atoms with van der Waals surface area (Å²) in [7, 11) is -3.39. The fourth-order valence-corrected chi connectivity index (χ4v) is 5.05. The van der Waals surface area contributed by atoms with Gasteiger partial charge >= 0.3 is 0 Å². The average molecular weight is 365 g/mol. The normalized spacial score (nSPS) is 11.7. The molecule has 0 aliphatic carbocycles. The van der Waals surface area contributed by atoms with Crippen LogP contribution < -0.4 is 4.72 Å². The van der Waals surface area contributed by atoms with Gasteiger partial charge in [0.05, 0.1) is 5.69 Å². The van der Waals surface area contributed by atoms with Crippen LogP contribution in [0.1, 0.15) is 11.3 Å². The average Bonchev–Trinajstić information content (AvgIpc) is 3.19. The number of nitrogens with one attached hydrogen (secondary N) is 1. The first-order chi connectivity index (χ1) is 11.0. The van der Waals surface area contributed by atoms with E-state index >= 15 is 0 Å². The Balaban J connectivity index is 1.62. The molecule has 23 heavy (non-hydrogen) atoms. The zero-order valence-corrected chi connectivity index (χ0v) is 15.0. The lowest BCUT2D eigenvalue weighted by Crippen LogP contribution is -2.25. The Hall–Kier alpha value is -1.54. The Kier molecular flexibility index (Phi) is 4.91. The zero-order valence-electron chi connectivity index (χ0n) is 12.5. The van der Waals surface area contributed by atoms with E-state index in [2.05, 4.69) is 28.8 Å². The van der Waals surface area contributed by atoms with Crippen molar-refractivity contribution in [2.75, 3.05) is 6.54 Å². The zero-order chi connectivity index (χ0) is 16.3. The Bertz CT molecular complexity index is 884. The molecule has 0 aliphatic heterocycles. The lowest BCUT2D eigenvalue weighted by Gasteiger charge is -2.03. The molecule has 0 unspecified atom stereocenters. The minimum absolute atomic E-state index is 0.344. The lowest BCUT2D eigenvalue weighted by atomic mass is 10.1. The second-order valence-corrected chi connectivity index (χ2v) is 8.89. The molecule has 2 heterocycles. The van der Waals surface area contributed by atoms with Crippen molar-refractivity contribution in [3.05, 3.63) is 58.4 Å². The maximum Gasteiger partial charge on any atom is 0.250 e. The van der Waals surface area contributed by atoms with Gasteiger partial charge in [-0.05, 0) is 24.4 Å². The second kappa shape index (κ2) is 6.92. The quantitative estimate of drug-likeness (QED) is 0.725. The van der Waals surface area contributed by atoms with Crippen molar-refractivity contribution in [3.8, 4) is 10.6 Å². The number of hydrogen-bond donors (Lipinski definition) is 1. The molecule has 120 valence electrons. The Morgan fingerprint density at radius 1 is 1.17 bits per heavy atom. The van der Waals surface area contributed by atoms with Crippen LogP contribution in [0.5, 0.6) is 0 Å². The number of thiophene rings is 1. The molecule has 0 amide bonds. The predicted octanol–water partition coefficient (Wildman–Crippen LogP) is 3.70. The van der Waals surface area contributed by atoms with Crippen LogP contribution in [0.2, 0.25) is 0 Å². The van der Waals surface area contributed by atoms with Crippen LogP contribution in [-0.4, -0.2) is 19.9 Å². The summed E-state index contributed by atoms with van der Waals surface area (Å²) in [4.78, 5) is 4.59. The Morgan fingerprint density at radius 3 is 2.78 bits per heavy atom. The third-order valence-electron chi connectivity index (χ3n) is 3.25. The minimum Gasteiger partial charge on any atom is -0.241 e. The molecule has 0 saturated carbocycles. The number of hydrogen-bond acceptors (Lipinski definition) is 5. The van der Waals surface area contributed by atoms with Gasteiger partial charge in [-0.2, -0.15) is 0 Å². The van der Waals surface area contributed by atoms with Crippen molar-refractivity contribution in [2.45, 2.75) is 17.6 Å². The van der Waals surface area contributed by atoms with Gasteiger partial charge < -0.3 is 0 Å². The van der Waals surface area contributed by atoms with Crippen molar-refractivity contribution < 1.29 is 8.42 Å². The summed E-state index contributed by atoms with van der Waals surface area (Å²) in [5.41, 5.74) is 3.20.